The van der Waals surface area contributed by atoms with Crippen molar-refractivity contribution in [2.24, 2.45) is 11.1 Å². The first-order valence-electron chi connectivity index (χ1n) is 4.00. The normalized spacial score (nSPS) is 11.8. The molecule has 0 fully saturated rings. The van der Waals surface area contributed by atoms with Gasteiger partial charge >= 0.3 is 0 Å². The van der Waals surface area contributed by atoms with Crippen LogP contribution < -0.4 is 5.73 Å². The van der Waals surface area contributed by atoms with E-state index in [1.165, 1.54) is 6.42 Å². The predicted octanol–water partition coefficient (Wildman–Crippen LogP) is 1.43. The molecule has 3 nitrogen and oxygen atoms in total. The molecule has 0 unspecified atom stereocenters. The zero-order valence-corrected chi connectivity index (χ0v) is 10.1. The van der Waals surface area contributed by atoms with Crippen LogP contribution >= 0.6 is 0 Å². The van der Waals surface area contributed by atoms with E-state index in [9.17, 15) is 4.79 Å². The Bertz CT molecular complexity index is 173. The molecule has 0 aromatic carbocycles. The van der Waals surface area contributed by atoms with Crippen molar-refractivity contribution in [3.63, 3.8) is 0 Å². The van der Waals surface area contributed by atoms with Crippen molar-refractivity contribution in [2.45, 2.75) is 39.7 Å². The number of hydrogen-bond donors (Lipinski definition) is 2. The second kappa shape index (κ2) is 4.94. The van der Waals surface area contributed by atoms with Gasteiger partial charge in [-0.25, -0.2) is 0 Å². The van der Waals surface area contributed by atoms with E-state index in [4.69, 9.17) is 10.8 Å². The Labute approximate surface area is 92.0 Å². The summed E-state index contributed by atoms with van der Waals surface area (Å²) >= 11 is 0. The van der Waals surface area contributed by atoms with E-state index < -0.39 is 5.97 Å². The molecule has 0 amide bonds. The minimum atomic E-state index is -0.885. The van der Waals surface area contributed by atoms with E-state index in [1.807, 2.05) is 27.7 Å². The van der Waals surface area contributed by atoms with Gasteiger partial charge in [0.05, 0.1) is 0 Å². The Morgan fingerprint density at radius 2 is 1.77 bits per heavy atom. The maximum atomic E-state index is 10.4. The molecular weight excluding hydrogens is 205 g/mol. The molecule has 1 radical (unpaired) electrons. The molecule has 0 spiro atoms. The van der Waals surface area contributed by atoms with Crippen LogP contribution in [0.5, 0.6) is 0 Å². The number of aliphatic carboxylic acids is 1. The first kappa shape index (κ1) is 15.4. The molecule has 4 heteroatoms. The summed E-state index contributed by atoms with van der Waals surface area (Å²) in [5, 5.41) is 8.55. The van der Waals surface area contributed by atoms with Crippen LogP contribution in [0.1, 0.15) is 34.1 Å². The molecule has 0 heterocycles. The third kappa shape index (κ3) is 9.80. The summed E-state index contributed by atoms with van der Waals surface area (Å²) in [4.78, 5) is 10.4. The Balaban J connectivity index is 0. The van der Waals surface area contributed by atoms with Crippen LogP contribution in [0, 0.1) is 11.8 Å². The van der Waals surface area contributed by atoms with Gasteiger partial charge in [-0.05, 0) is 13.8 Å². The van der Waals surface area contributed by atoms with Crippen LogP contribution in [0.15, 0.2) is 0 Å². The fourth-order valence-electron chi connectivity index (χ4n) is 1.56. The third-order valence-corrected chi connectivity index (χ3v) is 1.43. The van der Waals surface area contributed by atoms with Crippen LogP contribution in [0.4, 0.5) is 0 Å². The maximum Gasteiger partial charge on any atom is 0.164 e. The molecule has 0 saturated carbocycles. The maximum absolute atomic E-state index is 10.4. The summed E-state index contributed by atoms with van der Waals surface area (Å²) in [5.41, 5.74) is 5.12. The summed E-state index contributed by atoms with van der Waals surface area (Å²) in [6.07, 6.45) is 1.95. The van der Waals surface area contributed by atoms with Gasteiger partial charge in [0.15, 0.2) is 5.97 Å². The predicted molar refractivity (Wildman–Crippen MR) is 48.6 cm³/mol. The van der Waals surface area contributed by atoms with Gasteiger partial charge < -0.3 is 10.8 Å². The summed E-state index contributed by atoms with van der Waals surface area (Å²) < 4.78 is 0. The minimum absolute atomic E-state index is 0. The van der Waals surface area contributed by atoms with Gasteiger partial charge in [0.1, 0.15) is 0 Å². The third-order valence-electron chi connectivity index (χ3n) is 1.43. The fourth-order valence-corrected chi connectivity index (χ4v) is 1.56. The van der Waals surface area contributed by atoms with Gasteiger partial charge in [0.2, 0.25) is 0 Å². The standard InChI is InChI=1S/C9H18NO2.V/c1-8(2,5-7(11)12)6-9(3,4)10;/h5H,6,10H2,1-4H3,(H,11,12);/q-1;. The Morgan fingerprint density at radius 3 is 2.00 bits per heavy atom. The van der Waals surface area contributed by atoms with Gasteiger partial charge in [0.25, 0.3) is 0 Å². The van der Waals surface area contributed by atoms with Gasteiger partial charge in [0, 0.05) is 24.1 Å². The molecule has 0 aliphatic rings. The molecule has 13 heavy (non-hydrogen) atoms. The monoisotopic (exact) mass is 223 g/mol. The van der Waals surface area contributed by atoms with E-state index >= 15 is 0 Å². The number of carboxylic acid groups (broad SMARTS) is 1. The van der Waals surface area contributed by atoms with Crippen molar-refractivity contribution >= 4 is 5.97 Å². The SMILES string of the molecule is CC(C)(N)CC(C)(C)[CH-]C(=O)O.[V]. The molecular formula is C9H18NO2V-. The average molecular weight is 223 g/mol. The smallest absolute Gasteiger partial charge is 0.164 e. The van der Waals surface area contributed by atoms with Crippen LogP contribution in [0.3, 0.4) is 0 Å². The number of carbonyl (C=O) groups is 1. The first-order chi connectivity index (χ1) is 5.12. The van der Waals surface area contributed by atoms with Gasteiger partial charge in [-0.1, -0.05) is 20.3 Å². The summed E-state index contributed by atoms with van der Waals surface area (Å²) in [6.45, 7) is 7.53. The van der Waals surface area contributed by atoms with Crippen molar-refractivity contribution in [1.29, 1.82) is 0 Å². The van der Waals surface area contributed by atoms with Crippen molar-refractivity contribution in [2.75, 3.05) is 0 Å². The van der Waals surface area contributed by atoms with Crippen LogP contribution in [0.25, 0.3) is 0 Å². The zero-order chi connectivity index (χ0) is 9.99. The number of nitrogens with two attached hydrogens (primary N) is 1. The Hall–Kier alpha value is -0.116. The number of rotatable bonds is 4. The second-order valence-corrected chi connectivity index (χ2v) is 4.64. The molecule has 0 aliphatic carbocycles. The number of carboxylic acids is 1. The zero-order valence-electron chi connectivity index (χ0n) is 8.66. The quantitative estimate of drug-likeness (QED) is 0.708. The summed E-state index contributed by atoms with van der Waals surface area (Å²) in [6, 6.07) is 0. The molecule has 0 aromatic heterocycles. The topological polar surface area (TPSA) is 63.3 Å². The van der Waals surface area contributed by atoms with E-state index in [0.29, 0.717) is 6.42 Å². The molecule has 0 aromatic rings. The molecule has 0 saturated heterocycles. The molecule has 3 N–H and O–H groups in total. The van der Waals surface area contributed by atoms with Gasteiger partial charge in [-0.2, -0.15) is 0 Å². The largest absolute Gasteiger partial charge is 0.503 e. The van der Waals surface area contributed by atoms with Crippen LogP contribution in [-0.4, -0.2) is 16.6 Å². The van der Waals surface area contributed by atoms with Gasteiger partial charge in [-0.15, -0.1) is 5.41 Å². The molecule has 0 aliphatic heterocycles. The van der Waals surface area contributed by atoms with E-state index in [2.05, 4.69) is 0 Å². The van der Waals surface area contributed by atoms with Gasteiger partial charge in [-0.3, -0.25) is 11.2 Å². The summed E-state index contributed by atoms with van der Waals surface area (Å²) in [5.74, 6) is -0.885. The summed E-state index contributed by atoms with van der Waals surface area (Å²) in [7, 11) is 0. The van der Waals surface area contributed by atoms with E-state index in [0.717, 1.165) is 0 Å². The second-order valence-electron chi connectivity index (χ2n) is 4.64. The van der Waals surface area contributed by atoms with Crippen molar-refractivity contribution in [3.8, 4) is 0 Å². The van der Waals surface area contributed by atoms with Crippen molar-refractivity contribution in [1.82, 2.24) is 0 Å². The van der Waals surface area contributed by atoms with Crippen LogP contribution in [0.2, 0.25) is 0 Å². The molecule has 0 bridgehead atoms. The van der Waals surface area contributed by atoms with E-state index in [1.54, 1.807) is 0 Å². The average Bonchev–Trinajstić information content (AvgIpc) is 1.48. The number of hydrogen-bond acceptors (Lipinski definition) is 2. The molecule has 77 valence electrons. The molecule has 0 atom stereocenters. The Kier molecular flexibility index (Phi) is 5.84. The molecule has 0 rings (SSSR count). The Morgan fingerprint density at radius 1 is 1.38 bits per heavy atom. The minimum Gasteiger partial charge on any atom is -0.503 e. The fraction of sp³-hybridized carbons (Fsp3) is 0.778. The van der Waals surface area contributed by atoms with E-state index in [-0.39, 0.29) is 29.5 Å². The van der Waals surface area contributed by atoms with Crippen molar-refractivity contribution in [3.05, 3.63) is 6.42 Å². The van der Waals surface area contributed by atoms with Crippen molar-refractivity contribution < 1.29 is 28.5 Å². The first-order valence-corrected chi connectivity index (χ1v) is 4.00. The van der Waals surface area contributed by atoms with Crippen LogP contribution in [-0.2, 0) is 23.4 Å².